The SMILES string of the molecule is CNC(C)(C)CC=CC(=O)N(C)[C@H](Cc1ccc(-c2ccccc2)cc1)C(=O)N(C)[C@H](Cc1cccs1)C(=O)NCCC1CCCN1C. The molecule has 2 N–H and O–H groups in total. The molecule has 2 heterocycles. The number of nitrogens with zero attached hydrogens (tertiary/aromatic N) is 3. The molecule has 3 aromatic rings. The van der Waals surface area contributed by atoms with E-state index in [2.05, 4.69) is 48.6 Å². The van der Waals surface area contributed by atoms with E-state index in [0.717, 1.165) is 41.0 Å². The first kappa shape index (κ1) is 37.0. The standard InChI is InChI=1S/C39H53N5O3S/c1-39(2,40-3)23-10-17-36(45)43(5)35(27-29-18-20-31(21-19-29)30-13-8-7-9-14-30)38(47)44(6)34(28-33-16-12-26-48-33)37(46)41-24-22-32-15-11-25-42(32)4/h7-10,12-14,16-21,26,32,34-35,40H,11,15,22-25,27-28H2,1-6H3,(H,41,46)/t32?,34-,35-/m1/s1. The predicted octanol–water partition coefficient (Wildman–Crippen LogP) is 5.40. The highest BCUT2D eigenvalue weighted by Crippen LogP contribution is 2.22. The summed E-state index contributed by atoms with van der Waals surface area (Å²) in [6, 6.07) is 21.2. The van der Waals surface area contributed by atoms with E-state index in [0.29, 0.717) is 31.8 Å². The Bertz CT molecular complexity index is 1490. The van der Waals surface area contributed by atoms with E-state index in [9.17, 15) is 14.4 Å². The monoisotopic (exact) mass is 671 g/mol. The molecule has 0 radical (unpaired) electrons. The molecule has 1 saturated heterocycles. The molecule has 3 atom stereocenters. The van der Waals surface area contributed by atoms with Gasteiger partial charge in [-0.1, -0.05) is 66.7 Å². The number of amides is 3. The lowest BCUT2D eigenvalue weighted by atomic mass is 9.98. The van der Waals surface area contributed by atoms with Crippen LogP contribution in [0.25, 0.3) is 11.1 Å². The van der Waals surface area contributed by atoms with Crippen LogP contribution in [0.1, 0.15) is 50.0 Å². The van der Waals surface area contributed by atoms with E-state index >= 15 is 0 Å². The van der Waals surface area contributed by atoms with Gasteiger partial charge in [-0.2, -0.15) is 0 Å². The maximum absolute atomic E-state index is 14.5. The third-order valence-electron chi connectivity index (χ3n) is 9.70. The lowest BCUT2D eigenvalue weighted by Crippen LogP contribution is -2.56. The van der Waals surface area contributed by atoms with Crippen molar-refractivity contribution >= 4 is 29.1 Å². The molecule has 1 aromatic heterocycles. The van der Waals surface area contributed by atoms with E-state index in [1.54, 1.807) is 36.4 Å². The minimum Gasteiger partial charge on any atom is -0.354 e. The van der Waals surface area contributed by atoms with Crippen molar-refractivity contribution in [2.45, 2.75) is 76.0 Å². The molecule has 0 spiro atoms. The quantitative estimate of drug-likeness (QED) is 0.200. The van der Waals surface area contributed by atoms with Crippen LogP contribution in [0.5, 0.6) is 0 Å². The molecular formula is C39H53N5O3S. The van der Waals surface area contributed by atoms with Crippen LogP contribution in [-0.4, -0.2) is 97.4 Å². The maximum atomic E-state index is 14.5. The number of carbonyl (C=O) groups excluding carboxylic acids is 3. The molecule has 9 heteroatoms. The topological polar surface area (TPSA) is 85.0 Å². The molecule has 8 nitrogen and oxygen atoms in total. The van der Waals surface area contributed by atoms with Crippen LogP contribution < -0.4 is 10.6 Å². The van der Waals surface area contributed by atoms with Gasteiger partial charge in [0.2, 0.25) is 17.7 Å². The van der Waals surface area contributed by atoms with Gasteiger partial charge in [0.1, 0.15) is 12.1 Å². The van der Waals surface area contributed by atoms with Crippen molar-refractivity contribution in [3.05, 3.63) is 94.7 Å². The number of rotatable bonds is 16. The average molecular weight is 672 g/mol. The number of nitrogens with one attached hydrogen (secondary N) is 2. The van der Waals surface area contributed by atoms with Crippen molar-refractivity contribution in [3.63, 3.8) is 0 Å². The van der Waals surface area contributed by atoms with Crippen LogP contribution in [-0.2, 0) is 27.2 Å². The molecule has 1 aliphatic heterocycles. The molecule has 1 unspecified atom stereocenters. The summed E-state index contributed by atoms with van der Waals surface area (Å²) in [6.07, 6.45) is 7.97. The molecule has 2 aromatic carbocycles. The average Bonchev–Trinajstić information content (AvgIpc) is 3.77. The summed E-state index contributed by atoms with van der Waals surface area (Å²) in [5, 5.41) is 8.37. The minimum absolute atomic E-state index is 0.166. The molecule has 3 amide bonds. The van der Waals surface area contributed by atoms with Crippen LogP contribution in [0.3, 0.4) is 0 Å². The largest absolute Gasteiger partial charge is 0.354 e. The highest BCUT2D eigenvalue weighted by Gasteiger charge is 2.35. The molecule has 258 valence electrons. The summed E-state index contributed by atoms with van der Waals surface area (Å²) in [6.45, 7) is 5.77. The summed E-state index contributed by atoms with van der Waals surface area (Å²) in [4.78, 5) is 48.2. The number of carbonyl (C=O) groups is 3. The second-order valence-corrected chi connectivity index (χ2v) is 14.6. The third-order valence-corrected chi connectivity index (χ3v) is 10.6. The summed E-state index contributed by atoms with van der Waals surface area (Å²) in [5.74, 6) is -0.697. The fourth-order valence-electron chi connectivity index (χ4n) is 6.14. The second-order valence-electron chi connectivity index (χ2n) is 13.6. The number of hydrogen-bond acceptors (Lipinski definition) is 6. The van der Waals surface area contributed by atoms with Gasteiger partial charge in [-0.3, -0.25) is 14.4 Å². The van der Waals surface area contributed by atoms with Crippen molar-refractivity contribution in [1.29, 1.82) is 0 Å². The van der Waals surface area contributed by atoms with Gasteiger partial charge in [-0.05, 0) is 94.4 Å². The summed E-state index contributed by atoms with van der Waals surface area (Å²) in [5.41, 5.74) is 2.96. The Morgan fingerprint density at radius 1 is 0.958 bits per heavy atom. The van der Waals surface area contributed by atoms with Crippen LogP contribution in [0, 0.1) is 0 Å². The Morgan fingerprint density at radius 3 is 2.29 bits per heavy atom. The van der Waals surface area contributed by atoms with Crippen LogP contribution in [0.15, 0.2) is 84.3 Å². The summed E-state index contributed by atoms with van der Waals surface area (Å²) >= 11 is 1.57. The van der Waals surface area contributed by atoms with E-state index in [1.807, 2.05) is 73.1 Å². The van der Waals surface area contributed by atoms with Gasteiger partial charge in [0.25, 0.3) is 0 Å². The van der Waals surface area contributed by atoms with Crippen LogP contribution in [0.4, 0.5) is 0 Å². The fourth-order valence-corrected chi connectivity index (χ4v) is 6.89. The predicted molar refractivity (Wildman–Crippen MR) is 197 cm³/mol. The number of likely N-dealkylation sites (tertiary alicyclic amines) is 1. The molecule has 1 fully saturated rings. The number of benzene rings is 2. The fraction of sp³-hybridized carbons (Fsp3) is 0.462. The van der Waals surface area contributed by atoms with Gasteiger partial charge < -0.3 is 25.3 Å². The van der Waals surface area contributed by atoms with E-state index in [1.165, 1.54) is 11.3 Å². The van der Waals surface area contributed by atoms with Crippen molar-refractivity contribution < 1.29 is 14.4 Å². The Kier molecular flexibility index (Phi) is 13.6. The third kappa shape index (κ3) is 10.4. The zero-order valence-electron chi connectivity index (χ0n) is 29.4. The lowest BCUT2D eigenvalue weighted by molar-refractivity contribution is -0.146. The maximum Gasteiger partial charge on any atom is 0.246 e. The summed E-state index contributed by atoms with van der Waals surface area (Å²) in [7, 11) is 7.40. The first-order valence-electron chi connectivity index (χ1n) is 17.0. The number of hydrogen-bond donors (Lipinski definition) is 2. The Hall–Kier alpha value is -3.79. The van der Waals surface area contributed by atoms with Gasteiger partial charge in [0, 0.05) is 49.9 Å². The van der Waals surface area contributed by atoms with E-state index in [-0.39, 0.29) is 23.3 Å². The van der Waals surface area contributed by atoms with E-state index < -0.39 is 12.1 Å². The first-order valence-corrected chi connectivity index (χ1v) is 17.9. The van der Waals surface area contributed by atoms with Crippen molar-refractivity contribution in [2.24, 2.45) is 0 Å². The Morgan fingerprint density at radius 2 is 1.67 bits per heavy atom. The van der Waals surface area contributed by atoms with Crippen LogP contribution >= 0.6 is 11.3 Å². The molecule has 0 aliphatic carbocycles. The molecular weight excluding hydrogens is 619 g/mol. The zero-order valence-corrected chi connectivity index (χ0v) is 30.3. The lowest BCUT2D eigenvalue weighted by Gasteiger charge is -2.34. The van der Waals surface area contributed by atoms with Gasteiger partial charge >= 0.3 is 0 Å². The van der Waals surface area contributed by atoms with Crippen molar-refractivity contribution in [2.75, 3.05) is 41.3 Å². The Labute approximate surface area is 291 Å². The van der Waals surface area contributed by atoms with Gasteiger partial charge in [0.15, 0.2) is 0 Å². The smallest absolute Gasteiger partial charge is 0.246 e. The summed E-state index contributed by atoms with van der Waals surface area (Å²) < 4.78 is 0. The molecule has 4 rings (SSSR count). The zero-order chi connectivity index (χ0) is 34.7. The van der Waals surface area contributed by atoms with E-state index in [4.69, 9.17) is 0 Å². The second kappa shape index (κ2) is 17.6. The molecule has 0 saturated carbocycles. The van der Waals surface area contributed by atoms with Gasteiger partial charge in [-0.25, -0.2) is 0 Å². The first-order chi connectivity index (χ1) is 23.0. The van der Waals surface area contributed by atoms with Crippen LogP contribution in [0.2, 0.25) is 0 Å². The van der Waals surface area contributed by atoms with Crippen molar-refractivity contribution in [1.82, 2.24) is 25.3 Å². The highest BCUT2D eigenvalue weighted by molar-refractivity contribution is 7.09. The van der Waals surface area contributed by atoms with Crippen molar-refractivity contribution in [3.8, 4) is 11.1 Å². The number of thiophene rings is 1. The molecule has 0 bridgehead atoms. The minimum atomic E-state index is -0.808. The molecule has 48 heavy (non-hydrogen) atoms. The highest BCUT2D eigenvalue weighted by atomic mass is 32.1. The number of likely N-dealkylation sites (N-methyl/N-ethyl adjacent to an activating group) is 2. The van der Waals surface area contributed by atoms with Gasteiger partial charge in [-0.15, -0.1) is 11.3 Å². The van der Waals surface area contributed by atoms with Gasteiger partial charge in [0.05, 0.1) is 0 Å². The Balaban J connectivity index is 1.56. The molecule has 1 aliphatic rings. The normalized spacial score (nSPS) is 16.5.